The summed E-state index contributed by atoms with van der Waals surface area (Å²) in [6, 6.07) is 9.66. The monoisotopic (exact) mass is 300 g/mol. The number of amides is 1. The van der Waals surface area contributed by atoms with Gasteiger partial charge in [-0.05, 0) is 24.8 Å². The quantitative estimate of drug-likeness (QED) is 0.938. The predicted molar refractivity (Wildman–Crippen MR) is 81.2 cm³/mol. The third-order valence-electron chi connectivity index (χ3n) is 3.99. The molecule has 22 heavy (non-hydrogen) atoms. The Hall–Kier alpha value is -2.37. The van der Waals surface area contributed by atoms with Crippen molar-refractivity contribution in [2.75, 3.05) is 6.54 Å². The van der Waals surface area contributed by atoms with E-state index in [1.54, 1.807) is 0 Å². The van der Waals surface area contributed by atoms with Crippen molar-refractivity contribution in [1.29, 1.82) is 0 Å². The van der Waals surface area contributed by atoms with Crippen LogP contribution < -0.4 is 5.32 Å². The molecule has 1 aliphatic heterocycles. The minimum Gasteiger partial charge on any atom is -0.445 e. The minimum absolute atomic E-state index is 0.296. The smallest absolute Gasteiger partial charge is 0.407 e. The largest absolute Gasteiger partial charge is 0.445 e. The molecule has 1 amide bonds. The number of carbonyl (C=O) groups is 1. The normalized spacial score (nSPS) is 16.9. The molecular formula is C16H20N4O2. The lowest BCUT2D eigenvalue weighted by molar-refractivity contribution is 0.137. The van der Waals surface area contributed by atoms with Gasteiger partial charge in [-0.1, -0.05) is 30.3 Å². The first-order valence-corrected chi connectivity index (χ1v) is 7.55. The Morgan fingerprint density at radius 2 is 2.18 bits per heavy atom. The van der Waals surface area contributed by atoms with Gasteiger partial charge in [-0.15, -0.1) is 10.2 Å². The van der Waals surface area contributed by atoms with E-state index in [0.717, 1.165) is 36.6 Å². The number of hydrogen-bond donors (Lipinski definition) is 1. The fourth-order valence-electron chi connectivity index (χ4n) is 2.71. The van der Waals surface area contributed by atoms with E-state index in [4.69, 9.17) is 4.74 Å². The van der Waals surface area contributed by atoms with Crippen molar-refractivity contribution >= 4 is 6.09 Å². The van der Waals surface area contributed by atoms with Crippen LogP contribution in [0.4, 0.5) is 4.79 Å². The highest BCUT2D eigenvalue weighted by atomic mass is 16.5. The highest BCUT2D eigenvalue weighted by molar-refractivity contribution is 5.67. The molecule has 1 atom stereocenters. The third-order valence-corrected chi connectivity index (χ3v) is 3.99. The summed E-state index contributed by atoms with van der Waals surface area (Å²) in [4.78, 5) is 11.7. The van der Waals surface area contributed by atoms with Crippen molar-refractivity contribution in [2.24, 2.45) is 5.92 Å². The van der Waals surface area contributed by atoms with E-state index in [0.29, 0.717) is 19.1 Å². The van der Waals surface area contributed by atoms with Crippen LogP contribution in [0.25, 0.3) is 0 Å². The summed E-state index contributed by atoms with van der Waals surface area (Å²) in [7, 11) is 0. The summed E-state index contributed by atoms with van der Waals surface area (Å²) in [5, 5.41) is 11.1. The molecule has 0 aliphatic carbocycles. The van der Waals surface area contributed by atoms with Crippen molar-refractivity contribution in [1.82, 2.24) is 20.1 Å². The zero-order valence-corrected chi connectivity index (χ0v) is 12.7. The molecule has 2 heterocycles. The van der Waals surface area contributed by atoms with E-state index in [1.165, 1.54) is 0 Å². The molecule has 0 fully saturated rings. The molecule has 2 aromatic rings. The van der Waals surface area contributed by atoms with Crippen LogP contribution in [0.15, 0.2) is 30.3 Å². The number of alkyl carbamates (subject to hydrolysis) is 1. The van der Waals surface area contributed by atoms with Gasteiger partial charge in [0.05, 0.1) is 0 Å². The third kappa shape index (κ3) is 3.44. The summed E-state index contributed by atoms with van der Waals surface area (Å²) >= 11 is 0. The molecule has 0 saturated carbocycles. The number of rotatable bonds is 4. The van der Waals surface area contributed by atoms with E-state index in [1.807, 2.05) is 37.3 Å². The van der Waals surface area contributed by atoms with Gasteiger partial charge in [0.1, 0.15) is 18.3 Å². The Kier molecular flexibility index (Phi) is 4.37. The molecule has 1 unspecified atom stereocenters. The second-order valence-corrected chi connectivity index (χ2v) is 5.62. The molecule has 0 bridgehead atoms. The van der Waals surface area contributed by atoms with Gasteiger partial charge in [-0.2, -0.15) is 0 Å². The van der Waals surface area contributed by atoms with Crippen LogP contribution in [0.1, 0.15) is 23.6 Å². The summed E-state index contributed by atoms with van der Waals surface area (Å²) in [5.41, 5.74) is 0.985. The fraction of sp³-hybridized carbons (Fsp3) is 0.438. The number of aromatic nitrogens is 3. The molecule has 116 valence electrons. The maximum Gasteiger partial charge on any atom is 0.407 e. The molecule has 1 aliphatic rings. The van der Waals surface area contributed by atoms with Crippen LogP contribution >= 0.6 is 0 Å². The summed E-state index contributed by atoms with van der Waals surface area (Å²) in [5.74, 6) is 2.36. The van der Waals surface area contributed by atoms with E-state index < -0.39 is 0 Å². The number of ether oxygens (including phenoxy) is 1. The number of aryl methyl sites for hydroxylation is 1. The number of benzene rings is 1. The SMILES string of the molecule is Cc1nnc2n1CCC(CNC(=O)OCc1ccccc1)C2. The van der Waals surface area contributed by atoms with Gasteiger partial charge < -0.3 is 14.6 Å². The van der Waals surface area contributed by atoms with Gasteiger partial charge in [0, 0.05) is 19.5 Å². The van der Waals surface area contributed by atoms with E-state index in [-0.39, 0.29) is 6.09 Å². The number of fused-ring (bicyclic) bond motifs is 1. The number of carbonyl (C=O) groups excluding carboxylic acids is 1. The second kappa shape index (κ2) is 6.60. The van der Waals surface area contributed by atoms with Crippen LogP contribution in [0.5, 0.6) is 0 Å². The lowest BCUT2D eigenvalue weighted by atomic mass is 9.98. The number of nitrogens with zero attached hydrogens (tertiary/aromatic N) is 3. The number of nitrogens with one attached hydrogen (secondary N) is 1. The summed E-state index contributed by atoms with van der Waals surface area (Å²) in [6.07, 6.45) is 1.50. The first-order valence-electron chi connectivity index (χ1n) is 7.55. The molecule has 3 rings (SSSR count). The average molecular weight is 300 g/mol. The Balaban J connectivity index is 1.42. The van der Waals surface area contributed by atoms with Crippen LogP contribution in [-0.4, -0.2) is 27.4 Å². The van der Waals surface area contributed by atoms with Crippen LogP contribution in [0, 0.1) is 12.8 Å². The number of hydrogen-bond acceptors (Lipinski definition) is 4. The highest BCUT2D eigenvalue weighted by Gasteiger charge is 2.22. The van der Waals surface area contributed by atoms with Crippen LogP contribution in [0.3, 0.4) is 0 Å². The molecule has 1 aromatic heterocycles. The maximum atomic E-state index is 11.7. The Morgan fingerprint density at radius 1 is 1.36 bits per heavy atom. The van der Waals surface area contributed by atoms with Crippen LogP contribution in [-0.2, 0) is 24.3 Å². The van der Waals surface area contributed by atoms with Crippen molar-refractivity contribution in [3.63, 3.8) is 0 Å². The van der Waals surface area contributed by atoms with Crippen molar-refractivity contribution in [3.8, 4) is 0 Å². The van der Waals surface area contributed by atoms with Crippen molar-refractivity contribution in [3.05, 3.63) is 47.5 Å². The van der Waals surface area contributed by atoms with Crippen LogP contribution in [0.2, 0.25) is 0 Å². The fourth-order valence-corrected chi connectivity index (χ4v) is 2.71. The van der Waals surface area contributed by atoms with Gasteiger partial charge >= 0.3 is 6.09 Å². The molecule has 6 heteroatoms. The first kappa shape index (κ1) is 14.6. The zero-order chi connectivity index (χ0) is 15.4. The van der Waals surface area contributed by atoms with E-state index >= 15 is 0 Å². The van der Waals surface area contributed by atoms with Gasteiger partial charge in [0.25, 0.3) is 0 Å². The average Bonchev–Trinajstić information content (AvgIpc) is 2.93. The first-order chi connectivity index (χ1) is 10.7. The maximum absolute atomic E-state index is 11.7. The van der Waals surface area contributed by atoms with Crippen molar-refractivity contribution < 1.29 is 9.53 Å². The zero-order valence-electron chi connectivity index (χ0n) is 12.7. The highest BCUT2D eigenvalue weighted by Crippen LogP contribution is 2.19. The van der Waals surface area contributed by atoms with Gasteiger partial charge in [-0.25, -0.2) is 4.79 Å². The van der Waals surface area contributed by atoms with Gasteiger partial charge in [0.2, 0.25) is 0 Å². The van der Waals surface area contributed by atoms with E-state index in [9.17, 15) is 4.79 Å². The molecule has 1 aromatic carbocycles. The topological polar surface area (TPSA) is 69.0 Å². The lowest BCUT2D eigenvalue weighted by Gasteiger charge is -2.23. The molecule has 6 nitrogen and oxygen atoms in total. The molecular weight excluding hydrogens is 280 g/mol. The lowest BCUT2D eigenvalue weighted by Crippen LogP contribution is -2.33. The standard InChI is InChI=1S/C16H20N4O2/c1-12-18-19-15-9-14(7-8-20(12)15)10-17-16(21)22-11-13-5-3-2-4-6-13/h2-6,14H,7-11H2,1H3,(H,17,21). The second-order valence-electron chi connectivity index (χ2n) is 5.62. The molecule has 0 saturated heterocycles. The Morgan fingerprint density at radius 3 is 3.00 bits per heavy atom. The van der Waals surface area contributed by atoms with Gasteiger partial charge in [0.15, 0.2) is 0 Å². The summed E-state index contributed by atoms with van der Waals surface area (Å²) in [6.45, 7) is 3.79. The Labute approximate surface area is 129 Å². The van der Waals surface area contributed by atoms with Gasteiger partial charge in [-0.3, -0.25) is 0 Å². The predicted octanol–water partition coefficient (Wildman–Crippen LogP) is 2.08. The summed E-state index contributed by atoms with van der Waals surface area (Å²) < 4.78 is 7.35. The molecule has 0 radical (unpaired) electrons. The molecule has 0 spiro atoms. The Bertz CT molecular complexity index is 639. The van der Waals surface area contributed by atoms with Crippen molar-refractivity contribution in [2.45, 2.75) is 32.9 Å². The minimum atomic E-state index is -0.368. The molecule has 1 N–H and O–H groups in total. The van der Waals surface area contributed by atoms with E-state index in [2.05, 4.69) is 20.1 Å².